The minimum Gasteiger partial charge on any atom is -0.388 e. The van der Waals surface area contributed by atoms with Gasteiger partial charge in [-0.15, -0.1) is 11.3 Å². The number of hydrogen-bond donors (Lipinski definition) is 1. The normalized spacial score (nSPS) is 20.9. The molecule has 1 saturated heterocycles. The zero-order chi connectivity index (χ0) is 14.0. The Bertz CT molecular complexity index is 523. The van der Waals surface area contributed by atoms with Gasteiger partial charge in [0.2, 0.25) is 0 Å². The predicted molar refractivity (Wildman–Crippen MR) is 69.2 cm³/mol. The molecule has 0 amide bonds. The molecule has 8 heteroatoms. The van der Waals surface area contributed by atoms with Crippen LogP contribution in [0.5, 0.6) is 0 Å². The molecule has 7 nitrogen and oxygen atoms in total. The first-order valence-corrected chi connectivity index (χ1v) is 6.57. The van der Waals surface area contributed by atoms with Crippen molar-refractivity contribution >= 4 is 22.0 Å². The summed E-state index contributed by atoms with van der Waals surface area (Å²) in [6.07, 6.45) is -1.32. The highest BCUT2D eigenvalue weighted by Gasteiger charge is 2.29. The molecule has 0 radical (unpaired) electrons. The van der Waals surface area contributed by atoms with Crippen molar-refractivity contribution in [1.82, 2.24) is 0 Å². The first-order chi connectivity index (χ1) is 9.02. The average molecular weight is 283 g/mol. The molecule has 1 aromatic heterocycles. The third kappa shape index (κ3) is 2.84. The Morgan fingerprint density at radius 3 is 3.11 bits per heavy atom. The molecule has 2 atom stereocenters. The van der Waals surface area contributed by atoms with Crippen LogP contribution in [0.15, 0.2) is 6.07 Å². The first kappa shape index (κ1) is 13.7. The van der Waals surface area contributed by atoms with Gasteiger partial charge in [-0.3, -0.25) is 10.1 Å². The molecule has 0 aliphatic carbocycles. The number of aliphatic hydroxyl groups excluding tert-OH is 1. The summed E-state index contributed by atoms with van der Waals surface area (Å²) in [5.41, 5.74) is -0.0283. The Morgan fingerprint density at radius 1 is 1.79 bits per heavy atom. The molecule has 1 aliphatic heterocycles. The van der Waals surface area contributed by atoms with Gasteiger partial charge in [0, 0.05) is 17.5 Å². The number of hydrogen-bond acceptors (Lipinski definition) is 7. The van der Waals surface area contributed by atoms with Crippen molar-refractivity contribution in [2.45, 2.75) is 19.1 Å². The Balaban J connectivity index is 2.32. The third-order valence-electron chi connectivity index (χ3n) is 2.82. The van der Waals surface area contributed by atoms with Crippen molar-refractivity contribution in [3.05, 3.63) is 21.1 Å². The van der Waals surface area contributed by atoms with E-state index < -0.39 is 17.1 Å². The van der Waals surface area contributed by atoms with Crippen molar-refractivity contribution in [2.75, 3.05) is 24.6 Å². The standard InChI is InChI=1S/C11H13N3O4S/c1-7(15)10-4-9(14(16)17)11(19-10)13-2-3-18-8(5-12)6-13/h4,7-8,15H,2-3,6H2,1H3/t7-,8?/m0/s1. The van der Waals surface area contributed by atoms with Gasteiger partial charge in [0.25, 0.3) is 0 Å². The van der Waals surface area contributed by atoms with E-state index >= 15 is 0 Å². The van der Waals surface area contributed by atoms with Crippen LogP contribution in [0.2, 0.25) is 0 Å². The van der Waals surface area contributed by atoms with Crippen LogP contribution in [0, 0.1) is 21.4 Å². The van der Waals surface area contributed by atoms with Crippen molar-refractivity contribution in [3.8, 4) is 6.07 Å². The second-order valence-electron chi connectivity index (χ2n) is 4.21. The molecule has 1 aromatic rings. The lowest BCUT2D eigenvalue weighted by Gasteiger charge is -2.29. The van der Waals surface area contributed by atoms with Crippen LogP contribution in [0.25, 0.3) is 0 Å². The highest BCUT2D eigenvalue weighted by molar-refractivity contribution is 7.16. The summed E-state index contributed by atoms with van der Waals surface area (Å²) in [6.45, 7) is 2.73. The molecule has 2 rings (SSSR count). The van der Waals surface area contributed by atoms with E-state index in [1.54, 1.807) is 11.8 Å². The van der Waals surface area contributed by atoms with Gasteiger partial charge in [-0.25, -0.2) is 0 Å². The quantitative estimate of drug-likeness (QED) is 0.665. The van der Waals surface area contributed by atoms with Crippen LogP contribution >= 0.6 is 11.3 Å². The Morgan fingerprint density at radius 2 is 2.53 bits per heavy atom. The van der Waals surface area contributed by atoms with Gasteiger partial charge in [0.1, 0.15) is 0 Å². The second-order valence-corrected chi connectivity index (χ2v) is 5.27. The van der Waals surface area contributed by atoms with E-state index in [4.69, 9.17) is 10.00 Å². The molecule has 2 heterocycles. The summed E-state index contributed by atoms with van der Waals surface area (Å²) in [5, 5.41) is 29.9. The maximum Gasteiger partial charge on any atom is 0.304 e. The van der Waals surface area contributed by atoms with Gasteiger partial charge in [-0.2, -0.15) is 5.26 Å². The number of ether oxygens (including phenoxy) is 1. The monoisotopic (exact) mass is 283 g/mol. The van der Waals surface area contributed by atoms with Crippen LogP contribution < -0.4 is 4.90 Å². The summed E-state index contributed by atoms with van der Waals surface area (Å²) in [4.78, 5) is 12.9. The molecule has 102 valence electrons. The average Bonchev–Trinajstić information content (AvgIpc) is 2.84. The van der Waals surface area contributed by atoms with E-state index in [1.165, 1.54) is 17.4 Å². The SMILES string of the molecule is C[C@H](O)c1cc([N+](=O)[O-])c(N2CCOC(C#N)C2)s1. The fourth-order valence-electron chi connectivity index (χ4n) is 1.86. The van der Waals surface area contributed by atoms with Crippen LogP contribution in [-0.4, -0.2) is 35.8 Å². The molecule has 1 fully saturated rings. The number of rotatable bonds is 3. The van der Waals surface area contributed by atoms with Gasteiger partial charge in [0.05, 0.1) is 30.2 Å². The van der Waals surface area contributed by atoms with Crippen molar-refractivity contribution in [3.63, 3.8) is 0 Å². The summed E-state index contributed by atoms with van der Waals surface area (Å²) in [6, 6.07) is 3.39. The topological polar surface area (TPSA) is 99.6 Å². The largest absolute Gasteiger partial charge is 0.388 e. The Labute approximate surface area is 113 Å². The van der Waals surface area contributed by atoms with E-state index in [1.807, 2.05) is 6.07 Å². The number of nitrogens with zero attached hydrogens (tertiary/aromatic N) is 3. The molecule has 0 bridgehead atoms. The molecular weight excluding hydrogens is 270 g/mol. The molecule has 1 N–H and O–H groups in total. The predicted octanol–water partition coefficient (Wildman–Crippen LogP) is 1.44. The van der Waals surface area contributed by atoms with Gasteiger partial charge in [-0.1, -0.05) is 0 Å². The van der Waals surface area contributed by atoms with E-state index in [-0.39, 0.29) is 5.69 Å². The molecule has 19 heavy (non-hydrogen) atoms. The number of thiophene rings is 1. The van der Waals surface area contributed by atoms with Crippen molar-refractivity contribution in [1.29, 1.82) is 5.26 Å². The lowest BCUT2D eigenvalue weighted by molar-refractivity contribution is -0.383. The zero-order valence-electron chi connectivity index (χ0n) is 10.3. The Kier molecular flexibility index (Phi) is 3.99. The maximum absolute atomic E-state index is 11.1. The van der Waals surface area contributed by atoms with Crippen LogP contribution in [0.1, 0.15) is 17.9 Å². The van der Waals surface area contributed by atoms with Crippen molar-refractivity contribution in [2.24, 2.45) is 0 Å². The lowest BCUT2D eigenvalue weighted by atomic mass is 10.3. The van der Waals surface area contributed by atoms with Gasteiger partial charge < -0.3 is 14.7 Å². The summed E-state index contributed by atoms with van der Waals surface area (Å²) >= 11 is 1.18. The first-order valence-electron chi connectivity index (χ1n) is 5.75. The van der Waals surface area contributed by atoms with E-state index in [0.717, 1.165) is 0 Å². The molecule has 1 unspecified atom stereocenters. The number of aliphatic hydroxyl groups is 1. The minimum atomic E-state index is -0.745. The van der Waals surface area contributed by atoms with E-state index in [0.29, 0.717) is 29.6 Å². The zero-order valence-corrected chi connectivity index (χ0v) is 11.1. The summed E-state index contributed by atoms with van der Waals surface area (Å²) in [5.74, 6) is 0. The fraction of sp³-hybridized carbons (Fsp3) is 0.545. The molecule has 0 saturated carbocycles. The third-order valence-corrected chi connectivity index (χ3v) is 4.17. The van der Waals surface area contributed by atoms with E-state index in [9.17, 15) is 15.2 Å². The number of morpholine rings is 1. The number of nitro groups is 1. The van der Waals surface area contributed by atoms with Crippen LogP contribution in [0.3, 0.4) is 0 Å². The fourth-order valence-corrected chi connectivity index (χ4v) is 2.96. The van der Waals surface area contributed by atoms with Gasteiger partial charge >= 0.3 is 5.69 Å². The van der Waals surface area contributed by atoms with Crippen LogP contribution in [-0.2, 0) is 4.74 Å². The summed E-state index contributed by atoms with van der Waals surface area (Å²) in [7, 11) is 0. The smallest absolute Gasteiger partial charge is 0.304 e. The highest BCUT2D eigenvalue weighted by Crippen LogP contribution is 2.40. The van der Waals surface area contributed by atoms with Crippen LogP contribution in [0.4, 0.5) is 10.7 Å². The van der Waals surface area contributed by atoms with E-state index in [2.05, 4.69) is 0 Å². The molecule has 1 aliphatic rings. The number of anilines is 1. The molecule has 0 spiro atoms. The number of nitriles is 1. The van der Waals surface area contributed by atoms with Crippen molar-refractivity contribution < 1.29 is 14.8 Å². The maximum atomic E-state index is 11.1. The molecular formula is C11H13N3O4S. The summed E-state index contributed by atoms with van der Waals surface area (Å²) < 4.78 is 5.22. The molecule has 0 aromatic carbocycles. The minimum absolute atomic E-state index is 0.0283. The lowest BCUT2D eigenvalue weighted by Crippen LogP contribution is -2.41. The van der Waals surface area contributed by atoms with Gasteiger partial charge in [0.15, 0.2) is 11.1 Å². The van der Waals surface area contributed by atoms with Gasteiger partial charge in [-0.05, 0) is 6.92 Å². The Hall–Kier alpha value is -1.69. The highest BCUT2D eigenvalue weighted by atomic mass is 32.1. The second kappa shape index (κ2) is 5.52.